The first kappa shape index (κ1) is 20.2. The predicted molar refractivity (Wildman–Crippen MR) is 102 cm³/mol. The van der Waals surface area contributed by atoms with Crippen molar-refractivity contribution >= 4 is 0 Å². The van der Waals surface area contributed by atoms with Gasteiger partial charge in [0.05, 0.1) is 17.8 Å². The van der Waals surface area contributed by atoms with Gasteiger partial charge >= 0.3 is 0 Å². The van der Waals surface area contributed by atoms with Crippen LogP contribution in [0.25, 0.3) is 0 Å². The number of nitrogens with zero attached hydrogens (tertiary/aromatic N) is 1. The maximum atomic E-state index is 10.6. The van der Waals surface area contributed by atoms with E-state index in [0.29, 0.717) is 18.9 Å². The van der Waals surface area contributed by atoms with Gasteiger partial charge in [-0.2, -0.15) is 5.26 Å². The average molecular weight is 346 g/mol. The van der Waals surface area contributed by atoms with E-state index < -0.39 is 6.10 Å². The van der Waals surface area contributed by atoms with Crippen molar-refractivity contribution in [2.75, 3.05) is 6.61 Å². The van der Waals surface area contributed by atoms with Gasteiger partial charge in [-0.1, -0.05) is 51.8 Å². The first-order chi connectivity index (χ1) is 12.0. The van der Waals surface area contributed by atoms with Gasteiger partial charge in [-0.3, -0.25) is 0 Å². The smallest absolute Gasteiger partial charge is 0.0959 e. The minimum atomic E-state index is -0.434. The number of aliphatic hydroxyl groups is 1. The molecule has 1 unspecified atom stereocenters. The molecule has 3 nitrogen and oxygen atoms in total. The Morgan fingerprint density at radius 3 is 3.00 bits per heavy atom. The molecule has 3 heteroatoms. The van der Waals surface area contributed by atoms with Crippen LogP contribution in [-0.2, 0) is 4.74 Å². The standard InChI is InChI=1S/C22H35NO2/c1-4-5-14-21(2,3)20(24)13-12-19-11-10-18-9-8-15-22(18,19)25-17-7-6-16-23/h11-13,18,20,24H,4-10,14-15,17H2,1-3H3/t18-,20?,22-/m0/s1. The lowest BCUT2D eigenvalue weighted by Gasteiger charge is -2.33. The number of aliphatic hydroxyl groups excluding tert-OH is 1. The third-order valence-electron chi connectivity index (χ3n) is 6.10. The molecular weight excluding hydrogens is 310 g/mol. The summed E-state index contributed by atoms with van der Waals surface area (Å²) in [5.74, 6) is 0.569. The fourth-order valence-electron chi connectivity index (χ4n) is 4.30. The first-order valence-corrected chi connectivity index (χ1v) is 10.0. The molecular formula is C22H35NO2. The van der Waals surface area contributed by atoms with Gasteiger partial charge < -0.3 is 9.84 Å². The van der Waals surface area contributed by atoms with Gasteiger partial charge in [-0.25, -0.2) is 0 Å². The van der Waals surface area contributed by atoms with Gasteiger partial charge in [0.15, 0.2) is 0 Å². The van der Waals surface area contributed by atoms with Gasteiger partial charge in [0, 0.05) is 13.0 Å². The van der Waals surface area contributed by atoms with Crippen molar-refractivity contribution in [3.8, 4) is 6.07 Å². The van der Waals surface area contributed by atoms with Gasteiger partial charge in [0.25, 0.3) is 0 Å². The van der Waals surface area contributed by atoms with Gasteiger partial charge in [-0.15, -0.1) is 0 Å². The van der Waals surface area contributed by atoms with Crippen molar-refractivity contribution in [1.29, 1.82) is 5.26 Å². The van der Waals surface area contributed by atoms with E-state index in [4.69, 9.17) is 10.00 Å². The maximum Gasteiger partial charge on any atom is 0.0959 e. The van der Waals surface area contributed by atoms with Crippen molar-refractivity contribution in [1.82, 2.24) is 0 Å². The van der Waals surface area contributed by atoms with E-state index in [1.165, 1.54) is 18.4 Å². The minimum absolute atomic E-state index is 0.0957. The van der Waals surface area contributed by atoms with E-state index in [0.717, 1.165) is 38.5 Å². The van der Waals surface area contributed by atoms with Crippen LogP contribution < -0.4 is 0 Å². The molecule has 3 atom stereocenters. The Bertz CT molecular complexity index is 529. The molecule has 0 amide bonds. The summed E-state index contributed by atoms with van der Waals surface area (Å²) in [5.41, 5.74) is 0.984. The monoisotopic (exact) mass is 345 g/mol. The summed E-state index contributed by atoms with van der Waals surface area (Å²) < 4.78 is 6.36. The van der Waals surface area contributed by atoms with E-state index in [-0.39, 0.29) is 11.0 Å². The van der Waals surface area contributed by atoms with E-state index >= 15 is 0 Å². The molecule has 0 spiro atoms. The van der Waals surface area contributed by atoms with Crippen molar-refractivity contribution < 1.29 is 9.84 Å². The van der Waals surface area contributed by atoms with Crippen LogP contribution in [0.1, 0.15) is 78.6 Å². The molecule has 0 heterocycles. The fourth-order valence-corrected chi connectivity index (χ4v) is 4.30. The molecule has 0 saturated heterocycles. The molecule has 0 bridgehead atoms. The first-order valence-electron chi connectivity index (χ1n) is 10.0. The van der Waals surface area contributed by atoms with Crippen molar-refractivity contribution in [3.63, 3.8) is 0 Å². The Kier molecular flexibility index (Phi) is 7.28. The zero-order valence-corrected chi connectivity index (χ0v) is 16.3. The molecule has 2 aliphatic carbocycles. The highest BCUT2D eigenvalue weighted by Gasteiger charge is 2.48. The number of nitriles is 1. The number of unbranched alkanes of at least 4 members (excludes halogenated alkanes) is 2. The topological polar surface area (TPSA) is 53.2 Å². The summed E-state index contributed by atoms with van der Waals surface area (Å²) in [6.07, 6.45) is 15.2. The Labute approximate surface area is 153 Å². The second-order valence-electron chi connectivity index (χ2n) is 8.38. The summed E-state index contributed by atoms with van der Waals surface area (Å²) in [4.78, 5) is 0. The SMILES string of the molecule is CCCCC(C)(C)C(O)C=CC1=CC[C@@H]2CCC[C@@]12OCCCC#N. The van der Waals surface area contributed by atoms with Crippen LogP contribution in [-0.4, -0.2) is 23.4 Å². The van der Waals surface area contributed by atoms with E-state index in [1.54, 1.807) is 0 Å². The lowest BCUT2D eigenvalue weighted by Crippen LogP contribution is -2.35. The Morgan fingerprint density at radius 2 is 2.28 bits per heavy atom. The zero-order valence-electron chi connectivity index (χ0n) is 16.3. The Morgan fingerprint density at radius 1 is 1.48 bits per heavy atom. The van der Waals surface area contributed by atoms with Crippen LogP contribution in [0.3, 0.4) is 0 Å². The highest BCUT2D eigenvalue weighted by atomic mass is 16.5. The summed E-state index contributed by atoms with van der Waals surface area (Å²) in [6, 6.07) is 2.19. The highest BCUT2D eigenvalue weighted by Crippen LogP contribution is 2.51. The second kappa shape index (κ2) is 9.01. The molecule has 0 aromatic heterocycles. The maximum absolute atomic E-state index is 10.6. The van der Waals surface area contributed by atoms with Crippen LogP contribution >= 0.6 is 0 Å². The summed E-state index contributed by atoms with van der Waals surface area (Å²) >= 11 is 0. The normalized spacial score (nSPS) is 27.3. The lowest BCUT2D eigenvalue weighted by molar-refractivity contribution is -0.0343. The molecule has 1 saturated carbocycles. The van der Waals surface area contributed by atoms with Gasteiger partial charge in [-0.05, 0) is 55.4 Å². The van der Waals surface area contributed by atoms with Crippen LogP contribution in [0.5, 0.6) is 0 Å². The Hall–Kier alpha value is -1.11. The van der Waals surface area contributed by atoms with E-state index in [2.05, 4.69) is 39.0 Å². The molecule has 2 aliphatic rings. The summed E-state index contributed by atoms with van der Waals surface area (Å²) in [5, 5.41) is 19.4. The molecule has 140 valence electrons. The van der Waals surface area contributed by atoms with Crippen molar-refractivity contribution in [3.05, 3.63) is 23.8 Å². The van der Waals surface area contributed by atoms with Crippen LogP contribution in [0.4, 0.5) is 0 Å². The number of allylic oxidation sites excluding steroid dienone is 1. The van der Waals surface area contributed by atoms with E-state index in [9.17, 15) is 5.11 Å². The molecule has 2 rings (SSSR count). The minimum Gasteiger partial charge on any atom is -0.388 e. The zero-order chi connectivity index (χ0) is 18.3. The molecule has 1 fully saturated rings. The quantitative estimate of drug-likeness (QED) is 0.546. The van der Waals surface area contributed by atoms with Crippen LogP contribution in [0.2, 0.25) is 0 Å². The van der Waals surface area contributed by atoms with Crippen molar-refractivity contribution in [2.45, 2.75) is 90.3 Å². The summed E-state index contributed by atoms with van der Waals surface area (Å²) in [6.45, 7) is 7.13. The largest absolute Gasteiger partial charge is 0.388 e. The number of rotatable bonds is 10. The summed E-state index contributed by atoms with van der Waals surface area (Å²) in [7, 11) is 0. The van der Waals surface area contributed by atoms with E-state index in [1.807, 2.05) is 6.08 Å². The molecule has 25 heavy (non-hydrogen) atoms. The van der Waals surface area contributed by atoms with Gasteiger partial charge in [0.1, 0.15) is 0 Å². The number of hydrogen-bond acceptors (Lipinski definition) is 3. The van der Waals surface area contributed by atoms with Crippen molar-refractivity contribution in [2.24, 2.45) is 11.3 Å². The average Bonchev–Trinajstić information content (AvgIpc) is 3.13. The second-order valence-corrected chi connectivity index (χ2v) is 8.38. The number of ether oxygens (including phenoxy) is 1. The van der Waals surface area contributed by atoms with Crippen LogP contribution in [0, 0.1) is 22.7 Å². The van der Waals surface area contributed by atoms with Crippen LogP contribution in [0.15, 0.2) is 23.8 Å². The van der Waals surface area contributed by atoms with Gasteiger partial charge in [0.2, 0.25) is 0 Å². The number of fused-ring (bicyclic) bond motifs is 1. The third-order valence-corrected chi connectivity index (χ3v) is 6.10. The molecule has 0 aromatic rings. The highest BCUT2D eigenvalue weighted by molar-refractivity contribution is 5.37. The Balaban J connectivity index is 2.03. The fraction of sp³-hybridized carbons (Fsp3) is 0.773. The molecule has 0 aliphatic heterocycles. The molecule has 1 N–H and O–H groups in total. The molecule has 0 aromatic carbocycles. The third kappa shape index (κ3) is 4.74. The predicted octanol–water partition coefficient (Wildman–Crippen LogP) is 5.31. The lowest BCUT2D eigenvalue weighted by atomic mass is 9.80. The molecule has 0 radical (unpaired) electrons. The number of hydrogen-bond donors (Lipinski definition) is 1.